The van der Waals surface area contributed by atoms with Crippen LogP contribution in [0.4, 0.5) is 17.6 Å². The maximum Gasteiger partial charge on any atom is 0.443 e. The van der Waals surface area contributed by atoms with Gasteiger partial charge in [-0.15, -0.1) is 11.3 Å². The van der Waals surface area contributed by atoms with Gasteiger partial charge in [-0.2, -0.15) is 13.2 Å². The third kappa shape index (κ3) is 3.28. The van der Waals surface area contributed by atoms with E-state index in [9.17, 15) is 22.4 Å². The summed E-state index contributed by atoms with van der Waals surface area (Å²) in [6.45, 7) is 2.54. The molecular formula is C16H14F4N2OS. The van der Waals surface area contributed by atoms with Crippen LogP contribution in [0.1, 0.15) is 39.5 Å². The standard InChI is InChI=1S/C16H14F4N2OS/c1-9-7-22(5-4-10-2-3-11(17)6-12(9)10)14(23)13-8-24-15(21-13)16(18,19)20/h2-3,6,8-9H,4-5,7H2,1H3. The lowest BCUT2D eigenvalue weighted by Gasteiger charge is -2.22. The average Bonchev–Trinajstić information content (AvgIpc) is 2.95. The summed E-state index contributed by atoms with van der Waals surface area (Å²) in [7, 11) is 0. The Morgan fingerprint density at radius 3 is 2.79 bits per heavy atom. The molecule has 0 saturated heterocycles. The Labute approximate surface area is 139 Å². The normalized spacial score (nSPS) is 18.2. The molecule has 0 radical (unpaired) electrons. The van der Waals surface area contributed by atoms with E-state index in [1.165, 1.54) is 17.0 Å². The molecule has 1 aromatic heterocycles. The van der Waals surface area contributed by atoms with Gasteiger partial charge < -0.3 is 4.90 Å². The van der Waals surface area contributed by atoms with E-state index in [1.807, 2.05) is 6.92 Å². The van der Waals surface area contributed by atoms with Gasteiger partial charge in [-0.25, -0.2) is 9.37 Å². The Bertz CT molecular complexity index is 772. The molecule has 2 aromatic rings. The van der Waals surface area contributed by atoms with Crippen molar-refractivity contribution in [2.75, 3.05) is 13.1 Å². The maximum atomic E-state index is 13.4. The number of hydrogen-bond acceptors (Lipinski definition) is 3. The first-order chi connectivity index (χ1) is 11.3. The van der Waals surface area contributed by atoms with Crippen molar-refractivity contribution >= 4 is 17.2 Å². The van der Waals surface area contributed by atoms with E-state index >= 15 is 0 Å². The number of fused-ring (bicyclic) bond motifs is 1. The summed E-state index contributed by atoms with van der Waals surface area (Å²) in [5, 5.41) is 0.104. The first-order valence-electron chi connectivity index (χ1n) is 7.36. The highest BCUT2D eigenvalue weighted by atomic mass is 32.1. The Balaban J connectivity index is 1.81. The molecule has 0 spiro atoms. The zero-order valence-electron chi connectivity index (χ0n) is 12.7. The van der Waals surface area contributed by atoms with Crippen LogP contribution in [-0.2, 0) is 12.6 Å². The second kappa shape index (κ2) is 6.16. The van der Waals surface area contributed by atoms with Crippen molar-refractivity contribution in [3.63, 3.8) is 0 Å². The van der Waals surface area contributed by atoms with Gasteiger partial charge in [-0.05, 0) is 35.6 Å². The molecule has 24 heavy (non-hydrogen) atoms. The molecule has 1 unspecified atom stereocenters. The largest absolute Gasteiger partial charge is 0.443 e. The van der Waals surface area contributed by atoms with E-state index in [1.54, 1.807) is 6.07 Å². The number of carbonyl (C=O) groups excluding carboxylic acids is 1. The second-order valence-corrected chi connectivity index (χ2v) is 6.64. The van der Waals surface area contributed by atoms with Gasteiger partial charge in [0.15, 0.2) is 5.01 Å². The molecule has 2 heterocycles. The molecule has 1 aromatic carbocycles. The maximum absolute atomic E-state index is 13.4. The first-order valence-corrected chi connectivity index (χ1v) is 8.24. The molecule has 8 heteroatoms. The van der Waals surface area contributed by atoms with Gasteiger partial charge in [0.1, 0.15) is 11.5 Å². The fourth-order valence-electron chi connectivity index (χ4n) is 2.88. The van der Waals surface area contributed by atoms with Crippen LogP contribution < -0.4 is 0 Å². The van der Waals surface area contributed by atoms with Crippen LogP contribution in [0, 0.1) is 5.82 Å². The first kappa shape index (κ1) is 16.9. The Morgan fingerprint density at radius 2 is 2.12 bits per heavy atom. The van der Waals surface area contributed by atoms with Gasteiger partial charge in [-0.3, -0.25) is 4.79 Å². The van der Waals surface area contributed by atoms with Gasteiger partial charge in [-0.1, -0.05) is 13.0 Å². The van der Waals surface area contributed by atoms with E-state index in [-0.39, 0.29) is 17.4 Å². The van der Waals surface area contributed by atoms with E-state index < -0.39 is 17.1 Å². The monoisotopic (exact) mass is 358 g/mol. The highest BCUT2D eigenvalue weighted by Crippen LogP contribution is 2.32. The van der Waals surface area contributed by atoms with Crippen LogP contribution in [0.3, 0.4) is 0 Å². The number of benzene rings is 1. The highest BCUT2D eigenvalue weighted by Gasteiger charge is 2.36. The number of nitrogens with zero attached hydrogens (tertiary/aromatic N) is 2. The highest BCUT2D eigenvalue weighted by molar-refractivity contribution is 7.09. The van der Waals surface area contributed by atoms with E-state index in [0.717, 1.165) is 16.5 Å². The van der Waals surface area contributed by atoms with Crippen molar-refractivity contribution in [3.05, 3.63) is 51.2 Å². The summed E-state index contributed by atoms with van der Waals surface area (Å²) < 4.78 is 51.4. The molecule has 0 N–H and O–H groups in total. The SMILES string of the molecule is CC1CN(C(=O)c2csc(C(F)(F)F)n2)CCc2ccc(F)cc21. The molecule has 0 aliphatic carbocycles. The molecule has 0 bridgehead atoms. The van der Waals surface area contributed by atoms with Gasteiger partial charge >= 0.3 is 6.18 Å². The fourth-order valence-corrected chi connectivity index (χ4v) is 3.54. The van der Waals surface area contributed by atoms with Gasteiger partial charge in [0.05, 0.1) is 0 Å². The summed E-state index contributed by atoms with van der Waals surface area (Å²) in [4.78, 5) is 17.4. The molecule has 128 valence electrons. The quantitative estimate of drug-likeness (QED) is 0.719. The zero-order chi connectivity index (χ0) is 17.5. The lowest BCUT2D eigenvalue weighted by molar-refractivity contribution is -0.137. The van der Waals surface area contributed by atoms with Crippen molar-refractivity contribution in [2.24, 2.45) is 0 Å². The third-order valence-corrected chi connectivity index (χ3v) is 4.92. The number of halogens is 4. The number of thiazole rings is 1. The molecule has 3 nitrogen and oxygen atoms in total. The van der Waals surface area contributed by atoms with Gasteiger partial charge in [0.2, 0.25) is 0 Å². The number of hydrogen-bond donors (Lipinski definition) is 0. The van der Waals surface area contributed by atoms with Crippen molar-refractivity contribution < 1.29 is 22.4 Å². The molecule has 1 aliphatic rings. The van der Waals surface area contributed by atoms with Crippen molar-refractivity contribution in [1.82, 2.24) is 9.88 Å². The number of alkyl halides is 3. The van der Waals surface area contributed by atoms with Crippen LogP contribution in [0.2, 0.25) is 0 Å². The lowest BCUT2D eigenvalue weighted by atomic mass is 9.95. The van der Waals surface area contributed by atoms with Crippen molar-refractivity contribution in [2.45, 2.75) is 25.4 Å². The minimum atomic E-state index is -4.55. The topological polar surface area (TPSA) is 33.2 Å². The molecule has 3 rings (SSSR count). The number of amides is 1. The van der Waals surface area contributed by atoms with E-state index in [0.29, 0.717) is 30.8 Å². The molecule has 0 fully saturated rings. The lowest BCUT2D eigenvalue weighted by Crippen LogP contribution is -2.34. The summed E-state index contributed by atoms with van der Waals surface area (Å²) in [5.74, 6) is -0.973. The summed E-state index contributed by atoms with van der Waals surface area (Å²) in [6.07, 6.45) is -4.02. The minimum absolute atomic E-state index is 0.108. The number of aromatic nitrogens is 1. The molecule has 1 atom stereocenters. The molecule has 0 saturated carbocycles. The minimum Gasteiger partial charge on any atom is -0.336 e. The van der Waals surface area contributed by atoms with Crippen molar-refractivity contribution in [3.8, 4) is 0 Å². The smallest absolute Gasteiger partial charge is 0.336 e. The summed E-state index contributed by atoms with van der Waals surface area (Å²) in [6, 6.07) is 4.53. The van der Waals surface area contributed by atoms with Crippen molar-refractivity contribution in [1.29, 1.82) is 0 Å². The van der Waals surface area contributed by atoms with Crippen LogP contribution in [0.15, 0.2) is 23.6 Å². The van der Waals surface area contributed by atoms with Crippen LogP contribution >= 0.6 is 11.3 Å². The third-order valence-electron chi connectivity index (χ3n) is 4.04. The fraction of sp³-hybridized carbons (Fsp3) is 0.375. The van der Waals surface area contributed by atoms with Crippen LogP contribution in [-0.4, -0.2) is 28.9 Å². The molecular weight excluding hydrogens is 344 g/mol. The Kier molecular flexibility index (Phi) is 4.33. The number of carbonyl (C=O) groups is 1. The van der Waals surface area contributed by atoms with Gasteiger partial charge in [0, 0.05) is 18.5 Å². The van der Waals surface area contributed by atoms with Crippen LogP contribution in [0.5, 0.6) is 0 Å². The Hall–Kier alpha value is -1.96. The molecule has 1 amide bonds. The van der Waals surface area contributed by atoms with E-state index in [4.69, 9.17) is 0 Å². The van der Waals surface area contributed by atoms with E-state index in [2.05, 4.69) is 4.98 Å². The average molecular weight is 358 g/mol. The van der Waals surface area contributed by atoms with Crippen LogP contribution in [0.25, 0.3) is 0 Å². The summed E-state index contributed by atoms with van der Waals surface area (Å²) in [5.41, 5.74) is 1.59. The Morgan fingerprint density at radius 1 is 1.38 bits per heavy atom. The predicted octanol–water partition coefficient (Wildman–Crippen LogP) is 4.10. The predicted molar refractivity (Wildman–Crippen MR) is 81.5 cm³/mol. The second-order valence-electron chi connectivity index (χ2n) is 5.78. The zero-order valence-corrected chi connectivity index (χ0v) is 13.5. The summed E-state index contributed by atoms with van der Waals surface area (Å²) >= 11 is 0.411. The molecule has 1 aliphatic heterocycles. The number of rotatable bonds is 1. The van der Waals surface area contributed by atoms with Gasteiger partial charge in [0.25, 0.3) is 5.91 Å².